The molecule has 3 amide bonds. The van der Waals surface area contributed by atoms with E-state index in [1.807, 2.05) is 18.7 Å². The number of nitrogens with zero attached hydrogens (tertiary/aromatic N) is 1. The molecule has 0 aliphatic carbocycles. The molecule has 3 N–H and O–H groups in total. The fourth-order valence-corrected chi connectivity index (χ4v) is 3.90. The van der Waals surface area contributed by atoms with Crippen LogP contribution in [0.15, 0.2) is 72.8 Å². The molecule has 3 aromatic carbocycles. The van der Waals surface area contributed by atoms with E-state index in [0.29, 0.717) is 30.0 Å². The zero-order chi connectivity index (χ0) is 28.4. The van der Waals surface area contributed by atoms with Gasteiger partial charge in [-0.1, -0.05) is 32.0 Å². The van der Waals surface area contributed by atoms with Crippen molar-refractivity contribution < 1.29 is 27.6 Å². The average Bonchev–Trinajstić information content (AvgIpc) is 2.91. The zero-order valence-corrected chi connectivity index (χ0v) is 21.8. The first-order chi connectivity index (χ1) is 18.6. The van der Waals surface area contributed by atoms with Gasteiger partial charge in [0.25, 0.3) is 11.8 Å². The molecule has 39 heavy (non-hydrogen) atoms. The first kappa shape index (κ1) is 29.2. The number of benzene rings is 3. The smallest absolute Gasteiger partial charge is 0.376 e. The Morgan fingerprint density at radius 1 is 0.744 bits per heavy atom. The summed E-state index contributed by atoms with van der Waals surface area (Å²) in [5, 5.41) is 8.12. The van der Waals surface area contributed by atoms with Gasteiger partial charge in [0, 0.05) is 41.3 Å². The van der Waals surface area contributed by atoms with Gasteiger partial charge in [-0.05, 0) is 67.4 Å². The summed E-state index contributed by atoms with van der Waals surface area (Å²) in [6.45, 7) is 5.29. The van der Waals surface area contributed by atoms with Crippen molar-refractivity contribution in [2.75, 3.05) is 35.6 Å². The first-order valence-electron chi connectivity index (χ1n) is 12.6. The molecular formula is C29H31F3N4O3. The van der Waals surface area contributed by atoms with Gasteiger partial charge >= 0.3 is 6.18 Å². The normalized spacial score (nSPS) is 11.0. The maximum Gasteiger partial charge on any atom is 0.416 e. The molecule has 0 spiro atoms. The lowest BCUT2D eigenvalue weighted by Crippen LogP contribution is -2.32. The molecule has 206 valence electrons. The standard InChI is InChI=1S/C29H31F3N4O3/c1-3-14-36(15-4-2)28(39)21-9-6-11-23(17-21)33-19-26(37)34-24-12-5-8-20(16-24)27(38)35-25-13-7-10-22(18-25)29(30,31)32/h5-13,16-18,33H,3-4,14-15,19H2,1-2H3,(H,34,37)(H,35,38). The van der Waals surface area contributed by atoms with Crippen LogP contribution in [-0.4, -0.2) is 42.3 Å². The van der Waals surface area contributed by atoms with Crippen LogP contribution >= 0.6 is 0 Å². The number of amides is 3. The van der Waals surface area contributed by atoms with Crippen molar-refractivity contribution in [3.63, 3.8) is 0 Å². The lowest BCUT2D eigenvalue weighted by atomic mass is 10.1. The molecule has 3 aromatic rings. The minimum atomic E-state index is -4.53. The van der Waals surface area contributed by atoms with Gasteiger partial charge in [-0.15, -0.1) is 0 Å². The minimum absolute atomic E-state index is 0.00156. The number of anilines is 3. The van der Waals surface area contributed by atoms with Crippen LogP contribution in [0.3, 0.4) is 0 Å². The lowest BCUT2D eigenvalue weighted by Gasteiger charge is -2.21. The summed E-state index contributed by atoms with van der Waals surface area (Å²) >= 11 is 0. The van der Waals surface area contributed by atoms with Gasteiger partial charge in [0.15, 0.2) is 0 Å². The topological polar surface area (TPSA) is 90.5 Å². The molecule has 10 heteroatoms. The van der Waals surface area contributed by atoms with Crippen LogP contribution in [-0.2, 0) is 11.0 Å². The SMILES string of the molecule is CCCN(CCC)C(=O)c1cccc(NCC(=O)Nc2cccc(C(=O)Nc3cccc(C(F)(F)F)c3)c2)c1. The fraction of sp³-hybridized carbons (Fsp3) is 0.276. The second kappa shape index (κ2) is 13.5. The third-order valence-corrected chi connectivity index (χ3v) is 5.69. The van der Waals surface area contributed by atoms with Gasteiger partial charge in [0.2, 0.25) is 5.91 Å². The Hall–Kier alpha value is -4.34. The molecule has 0 aromatic heterocycles. The average molecular weight is 541 g/mol. The molecule has 0 atom stereocenters. The highest BCUT2D eigenvalue weighted by atomic mass is 19.4. The van der Waals surface area contributed by atoms with E-state index in [1.54, 1.807) is 36.4 Å². The third kappa shape index (κ3) is 8.59. The minimum Gasteiger partial charge on any atom is -0.376 e. The summed E-state index contributed by atoms with van der Waals surface area (Å²) < 4.78 is 38.8. The van der Waals surface area contributed by atoms with E-state index in [9.17, 15) is 27.6 Å². The molecule has 0 saturated heterocycles. The second-order valence-corrected chi connectivity index (χ2v) is 8.89. The van der Waals surface area contributed by atoms with Crippen LogP contribution in [0.25, 0.3) is 0 Å². The Morgan fingerprint density at radius 3 is 1.95 bits per heavy atom. The summed E-state index contributed by atoms with van der Waals surface area (Å²) in [6.07, 6.45) is -2.81. The van der Waals surface area contributed by atoms with Crippen LogP contribution in [0, 0.1) is 0 Å². The summed E-state index contributed by atoms with van der Waals surface area (Å²) in [6, 6.07) is 17.3. The van der Waals surface area contributed by atoms with Crippen molar-refractivity contribution in [1.29, 1.82) is 0 Å². The first-order valence-corrected chi connectivity index (χ1v) is 12.6. The number of carbonyl (C=O) groups is 3. The van der Waals surface area contributed by atoms with Crippen molar-refractivity contribution in [2.45, 2.75) is 32.9 Å². The van der Waals surface area contributed by atoms with Crippen molar-refractivity contribution in [2.24, 2.45) is 0 Å². The van der Waals surface area contributed by atoms with Crippen LogP contribution in [0.4, 0.5) is 30.2 Å². The van der Waals surface area contributed by atoms with E-state index in [-0.39, 0.29) is 29.6 Å². The predicted octanol–water partition coefficient (Wildman–Crippen LogP) is 6.27. The van der Waals surface area contributed by atoms with Crippen LogP contribution < -0.4 is 16.0 Å². The Kier molecular flexibility index (Phi) is 10.1. The molecule has 0 bridgehead atoms. The van der Waals surface area contributed by atoms with E-state index in [0.717, 1.165) is 25.0 Å². The molecular weight excluding hydrogens is 509 g/mol. The van der Waals surface area contributed by atoms with Crippen LogP contribution in [0.2, 0.25) is 0 Å². The number of nitrogens with one attached hydrogen (secondary N) is 3. The van der Waals surface area contributed by atoms with Crippen LogP contribution in [0.1, 0.15) is 53.0 Å². The number of rotatable bonds is 11. The number of halogens is 3. The molecule has 0 saturated carbocycles. The molecule has 3 rings (SSSR count). The predicted molar refractivity (Wildman–Crippen MR) is 146 cm³/mol. The van der Waals surface area contributed by atoms with Gasteiger partial charge in [-0.25, -0.2) is 0 Å². The Bertz CT molecular complexity index is 1300. The largest absolute Gasteiger partial charge is 0.416 e. The summed E-state index contributed by atoms with van der Waals surface area (Å²) in [5.74, 6) is -1.07. The number of carbonyl (C=O) groups excluding carboxylic acids is 3. The monoisotopic (exact) mass is 540 g/mol. The van der Waals surface area contributed by atoms with E-state index >= 15 is 0 Å². The lowest BCUT2D eigenvalue weighted by molar-refractivity contribution is -0.137. The molecule has 0 unspecified atom stereocenters. The van der Waals surface area contributed by atoms with Crippen molar-refractivity contribution in [1.82, 2.24) is 4.90 Å². The maximum atomic E-state index is 12.9. The highest BCUT2D eigenvalue weighted by molar-refractivity contribution is 6.05. The van der Waals surface area contributed by atoms with Gasteiger partial charge in [-0.3, -0.25) is 14.4 Å². The Morgan fingerprint density at radius 2 is 1.31 bits per heavy atom. The number of hydrogen-bond donors (Lipinski definition) is 3. The highest BCUT2D eigenvalue weighted by Gasteiger charge is 2.30. The van der Waals surface area contributed by atoms with E-state index in [2.05, 4.69) is 16.0 Å². The molecule has 0 fully saturated rings. The summed E-state index contributed by atoms with van der Waals surface area (Å²) in [5.41, 5.74) is 0.773. The fourth-order valence-electron chi connectivity index (χ4n) is 3.90. The molecule has 0 aliphatic heterocycles. The Labute approximate surface area is 225 Å². The third-order valence-electron chi connectivity index (χ3n) is 5.69. The van der Waals surface area contributed by atoms with Gasteiger partial charge < -0.3 is 20.9 Å². The quantitative estimate of drug-likeness (QED) is 0.267. The second-order valence-electron chi connectivity index (χ2n) is 8.89. The Balaban J connectivity index is 1.59. The number of hydrogen-bond acceptors (Lipinski definition) is 4. The summed E-state index contributed by atoms with van der Waals surface area (Å²) in [7, 11) is 0. The molecule has 0 heterocycles. The number of alkyl halides is 3. The van der Waals surface area contributed by atoms with E-state index in [1.165, 1.54) is 24.3 Å². The van der Waals surface area contributed by atoms with Crippen molar-refractivity contribution in [3.8, 4) is 0 Å². The molecule has 0 radical (unpaired) electrons. The maximum absolute atomic E-state index is 12.9. The molecule has 0 aliphatic rings. The van der Waals surface area contributed by atoms with Crippen LogP contribution in [0.5, 0.6) is 0 Å². The molecule has 7 nitrogen and oxygen atoms in total. The van der Waals surface area contributed by atoms with Gasteiger partial charge in [0.1, 0.15) is 0 Å². The van der Waals surface area contributed by atoms with Gasteiger partial charge in [-0.2, -0.15) is 13.2 Å². The van der Waals surface area contributed by atoms with E-state index in [4.69, 9.17) is 0 Å². The van der Waals surface area contributed by atoms with E-state index < -0.39 is 17.6 Å². The summed E-state index contributed by atoms with van der Waals surface area (Å²) in [4.78, 5) is 39.8. The zero-order valence-electron chi connectivity index (χ0n) is 21.8. The van der Waals surface area contributed by atoms with Gasteiger partial charge in [0.05, 0.1) is 12.1 Å². The van der Waals surface area contributed by atoms with Crippen molar-refractivity contribution in [3.05, 3.63) is 89.5 Å². The van der Waals surface area contributed by atoms with Crippen molar-refractivity contribution >= 4 is 34.8 Å². The highest BCUT2D eigenvalue weighted by Crippen LogP contribution is 2.30.